The molecule has 1 saturated heterocycles. The van der Waals surface area contributed by atoms with Gasteiger partial charge in [-0.3, -0.25) is 9.88 Å². The summed E-state index contributed by atoms with van der Waals surface area (Å²) in [5.74, 6) is 0. The van der Waals surface area contributed by atoms with Gasteiger partial charge in [-0.15, -0.1) is 0 Å². The molecule has 0 atom stereocenters. The maximum Gasteiger partial charge on any atom is 0.409 e. The number of aromatic nitrogens is 1. The first kappa shape index (κ1) is 18.4. The molecule has 1 aliphatic heterocycles. The number of aryl methyl sites for hydroxylation is 2. The van der Waals surface area contributed by atoms with E-state index in [1.165, 1.54) is 5.56 Å². The third-order valence-electron chi connectivity index (χ3n) is 4.63. The molecule has 0 bridgehead atoms. The zero-order chi connectivity index (χ0) is 18.2. The van der Waals surface area contributed by atoms with Gasteiger partial charge in [-0.1, -0.05) is 36.4 Å². The largest absolute Gasteiger partial charge is 0.449 e. The maximum absolute atomic E-state index is 12.2. The normalized spacial score (nSPS) is 15.0. The Kier molecular flexibility index (Phi) is 6.61. The quantitative estimate of drug-likeness (QED) is 0.748. The average Bonchev–Trinajstić information content (AvgIpc) is 2.66. The van der Waals surface area contributed by atoms with E-state index in [0.717, 1.165) is 57.0 Å². The topological polar surface area (TPSA) is 45.7 Å². The minimum Gasteiger partial charge on any atom is -0.449 e. The number of benzene rings is 1. The third kappa shape index (κ3) is 5.56. The second-order valence-electron chi connectivity index (χ2n) is 6.74. The van der Waals surface area contributed by atoms with Crippen LogP contribution in [-0.4, -0.2) is 53.7 Å². The van der Waals surface area contributed by atoms with E-state index in [0.29, 0.717) is 6.61 Å². The number of piperazine rings is 1. The Hall–Kier alpha value is -2.40. The first-order valence-electron chi connectivity index (χ1n) is 9.31. The molecule has 0 N–H and O–H groups in total. The molecule has 3 rings (SSSR count). The lowest BCUT2D eigenvalue weighted by Gasteiger charge is -2.34. The smallest absolute Gasteiger partial charge is 0.409 e. The van der Waals surface area contributed by atoms with Crippen LogP contribution in [0.1, 0.15) is 23.4 Å². The summed E-state index contributed by atoms with van der Waals surface area (Å²) in [6.45, 7) is 6.59. The van der Waals surface area contributed by atoms with Gasteiger partial charge in [0.15, 0.2) is 0 Å². The second-order valence-corrected chi connectivity index (χ2v) is 6.74. The van der Waals surface area contributed by atoms with Gasteiger partial charge in [-0.2, -0.15) is 0 Å². The standard InChI is InChI=1S/C21H27N3O2/c1-18-7-5-10-20(22-18)11-6-16-26-21(25)24-14-12-23(13-15-24)17-19-8-3-2-4-9-19/h2-5,7-10H,6,11-17H2,1H3. The SMILES string of the molecule is Cc1cccc(CCCOC(=O)N2CCN(Cc3ccccc3)CC2)n1. The molecule has 138 valence electrons. The van der Waals surface area contributed by atoms with Gasteiger partial charge in [0.05, 0.1) is 6.61 Å². The van der Waals surface area contributed by atoms with Crippen molar-refractivity contribution in [3.63, 3.8) is 0 Å². The van der Waals surface area contributed by atoms with Crippen LogP contribution in [0.5, 0.6) is 0 Å². The second kappa shape index (κ2) is 9.34. The Morgan fingerprint density at radius 1 is 1.04 bits per heavy atom. The van der Waals surface area contributed by atoms with Crippen molar-refractivity contribution < 1.29 is 9.53 Å². The molecule has 1 aliphatic rings. The lowest BCUT2D eigenvalue weighted by Crippen LogP contribution is -2.48. The Morgan fingerprint density at radius 2 is 1.81 bits per heavy atom. The summed E-state index contributed by atoms with van der Waals surface area (Å²) in [7, 11) is 0. The summed E-state index contributed by atoms with van der Waals surface area (Å²) in [6.07, 6.45) is 1.44. The molecule has 0 spiro atoms. The van der Waals surface area contributed by atoms with Gasteiger partial charge in [-0.05, 0) is 37.5 Å². The Morgan fingerprint density at radius 3 is 2.54 bits per heavy atom. The molecule has 0 radical (unpaired) electrons. The third-order valence-corrected chi connectivity index (χ3v) is 4.63. The zero-order valence-corrected chi connectivity index (χ0v) is 15.4. The van der Waals surface area contributed by atoms with Crippen LogP contribution in [-0.2, 0) is 17.7 Å². The van der Waals surface area contributed by atoms with E-state index in [2.05, 4.69) is 34.1 Å². The molecule has 5 nitrogen and oxygen atoms in total. The van der Waals surface area contributed by atoms with Crippen molar-refractivity contribution >= 4 is 6.09 Å². The van der Waals surface area contributed by atoms with E-state index < -0.39 is 0 Å². The van der Waals surface area contributed by atoms with Gasteiger partial charge in [-0.25, -0.2) is 4.79 Å². The van der Waals surface area contributed by atoms with E-state index >= 15 is 0 Å². The van der Waals surface area contributed by atoms with Crippen molar-refractivity contribution in [1.29, 1.82) is 0 Å². The Labute approximate surface area is 155 Å². The van der Waals surface area contributed by atoms with Crippen LogP contribution in [0.25, 0.3) is 0 Å². The molecule has 1 fully saturated rings. The van der Waals surface area contributed by atoms with E-state index in [1.807, 2.05) is 36.1 Å². The number of rotatable bonds is 6. The summed E-state index contributed by atoms with van der Waals surface area (Å²) in [6, 6.07) is 16.5. The molecular weight excluding hydrogens is 326 g/mol. The number of carbonyl (C=O) groups excluding carboxylic acids is 1. The molecule has 2 aromatic rings. The van der Waals surface area contributed by atoms with E-state index in [1.54, 1.807) is 0 Å². The zero-order valence-electron chi connectivity index (χ0n) is 15.4. The Bertz CT molecular complexity index is 697. The summed E-state index contributed by atoms with van der Waals surface area (Å²) in [4.78, 5) is 20.9. The van der Waals surface area contributed by atoms with Crippen LogP contribution in [0.15, 0.2) is 48.5 Å². The van der Waals surface area contributed by atoms with Crippen LogP contribution >= 0.6 is 0 Å². The van der Waals surface area contributed by atoms with Crippen LogP contribution in [0.2, 0.25) is 0 Å². The summed E-state index contributed by atoms with van der Waals surface area (Å²) in [5, 5.41) is 0. The summed E-state index contributed by atoms with van der Waals surface area (Å²) >= 11 is 0. The molecular formula is C21H27N3O2. The summed E-state index contributed by atoms with van der Waals surface area (Å²) in [5.41, 5.74) is 3.39. The lowest BCUT2D eigenvalue weighted by molar-refractivity contribution is 0.0739. The number of amides is 1. The number of hydrogen-bond acceptors (Lipinski definition) is 4. The Balaban J connectivity index is 1.33. The van der Waals surface area contributed by atoms with E-state index in [4.69, 9.17) is 4.74 Å². The van der Waals surface area contributed by atoms with Crippen molar-refractivity contribution in [1.82, 2.24) is 14.8 Å². The minimum atomic E-state index is -0.193. The van der Waals surface area contributed by atoms with Gasteiger partial charge in [0.25, 0.3) is 0 Å². The van der Waals surface area contributed by atoms with Gasteiger partial charge in [0, 0.05) is 44.1 Å². The molecule has 1 aromatic heterocycles. The van der Waals surface area contributed by atoms with E-state index in [9.17, 15) is 4.79 Å². The van der Waals surface area contributed by atoms with Crippen molar-refractivity contribution in [3.05, 3.63) is 65.5 Å². The number of hydrogen-bond donors (Lipinski definition) is 0. The molecule has 5 heteroatoms. The van der Waals surface area contributed by atoms with Crippen molar-refractivity contribution in [2.24, 2.45) is 0 Å². The average molecular weight is 353 g/mol. The highest BCUT2D eigenvalue weighted by atomic mass is 16.6. The first-order valence-corrected chi connectivity index (χ1v) is 9.31. The van der Waals surface area contributed by atoms with Crippen LogP contribution in [0, 0.1) is 6.92 Å². The number of pyridine rings is 1. The van der Waals surface area contributed by atoms with Crippen LogP contribution in [0.3, 0.4) is 0 Å². The molecule has 0 aliphatic carbocycles. The fraction of sp³-hybridized carbons (Fsp3) is 0.429. The highest BCUT2D eigenvalue weighted by molar-refractivity contribution is 5.67. The number of carbonyl (C=O) groups is 1. The lowest BCUT2D eigenvalue weighted by atomic mass is 10.2. The maximum atomic E-state index is 12.2. The van der Waals surface area contributed by atoms with Crippen molar-refractivity contribution in [2.45, 2.75) is 26.3 Å². The predicted octanol–water partition coefficient (Wildman–Crippen LogP) is 3.28. The number of nitrogens with zero attached hydrogens (tertiary/aromatic N) is 3. The van der Waals surface area contributed by atoms with Crippen LogP contribution < -0.4 is 0 Å². The van der Waals surface area contributed by atoms with E-state index in [-0.39, 0.29) is 6.09 Å². The number of ether oxygens (including phenoxy) is 1. The highest BCUT2D eigenvalue weighted by Gasteiger charge is 2.21. The van der Waals surface area contributed by atoms with Crippen molar-refractivity contribution in [3.8, 4) is 0 Å². The highest BCUT2D eigenvalue weighted by Crippen LogP contribution is 2.09. The van der Waals surface area contributed by atoms with Gasteiger partial charge in [0.2, 0.25) is 0 Å². The van der Waals surface area contributed by atoms with Gasteiger partial charge in [0.1, 0.15) is 0 Å². The van der Waals surface area contributed by atoms with Gasteiger partial charge >= 0.3 is 6.09 Å². The van der Waals surface area contributed by atoms with Crippen LogP contribution in [0.4, 0.5) is 4.79 Å². The molecule has 0 saturated carbocycles. The molecule has 1 aromatic carbocycles. The van der Waals surface area contributed by atoms with Crippen molar-refractivity contribution in [2.75, 3.05) is 32.8 Å². The molecule has 1 amide bonds. The fourth-order valence-corrected chi connectivity index (χ4v) is 3.17. The molecule has 0 unspecified atom stereocenters. The fourth-order valence-electron chi connectivity index (χ4n) is 3.17. The predicted molar refractivity (Wildman–Crippen MR) is 102 cm³/mol. The van der Waals surface area contributed by atoms with Gasteiger partial charge < -0.3 is 9.64 Å². The minimum absolute atomic E-state index is 0.193. The first-order chi connectivity index (χ1) is 12.7. The summed E-state index contributed by atoms with van der Waals surface area (Å²) < 4.78 is 5.43. The molecule has 26 heavy (non-hydrogen) atoms. The monoisotopic (exact) mass is 353 g/mol. The molecule has 2 heterocycles.